The second-order valence-electron chi connectivity index (χ2n) is 5.41. The zero-order valence-corrected chi connectivity index (χ0v) is 15.2. The second kappa shape index (κ2) is 7.76. The molecule has 1 N–H and O–H groups in total. The molecule has 2 aromatic carbocycles. The first kappa shape index (κ1) is 16.9. The van der Waals surface area contributed by atoms with Crippen LogP contribution >= 0.6 is 22.6 Å². The van der Waals surface area contributed by atoms with Crippen molar-refractivity contribution >= 4 is 40.1 Å². The van der Waals surface area contributed by atoms with Crippen LogP contribution in [0.15, 0.2) is 48.5 Å². The van der Waals surface area contributed by atoms with Crippen LogP contribution in [-0.4, -0.2) is 43.0 Å². The molecule has 3 rings (SSSR count). The molecule has 1 fully saturated rings. The number of carbonyl (C=O) groups is 2. The smallest absolute Gasteiger partial charge is 0.256 e. The molecule has 0 aromatic heterocycles. The monoisotopic (exact) mass is 436 g/mol. The number of amides is 2. The van der Waals surface area contributed by atoms with Crippen molar-refractivity contribution < 1.29 is 14.3 Å². The van der Waals surface area contributed by atoms with Crippen LogP contribution in [0.5, 0.6) is 0 Å². The van der Waals surface area contributed by atoms with E-state index in [1.165, 1.54) is 0 Å². The van der Waals surface area contributed by atoms with Gasteiger partial charge in [0.25, 0.3) is 11.8 Å². The molecule has 1 saturated heterocycles. The molecule has 0 unspecified atom stereocenters. The van der Waals surface area contributed by atoms with Crippen molar-refractivity contribution in [1.29, 1.82) is 0 Å². The van der Waals surface area contributed by atoms with Crippen LogP contribution in [0.25, 0.3) is 0 Å². The Morgan fingerprint density at radius 1 is 1.04 bits per heavy atom. The van der Waals surface area contributed by atoms with Gasteiger partial charge in [-0.3, -0.25) is 9.59 Å². The Kier molecular flexibility index (Phi) is 5.47. The number of morpholine rings is 1. The van der Waals surface area contributed by atoms with Crippen molar-refractivity contribution in [3.05, 3.63) is 63.2 Å². The molecule has 124 valence electrons. The summed E-state index contributed by atoms with van der Waals surface area (Å²) >= 11 is 2.16. The highest BCUT2D eigenvalue weighted by Crippen LogP contribution is 2.19. The van der Waals surface area contributed by atoms with E-state index in [9.17, 15) is 9.59 Å². The summed E-state index contributed by atoms with van der Waals surface area (Å²) in [4.78, 5) is 26.9. The van der Waals surface area contributed by atoms with Gasteiger partial charge in [0.15, 0.2) is 0 Å². The maximum absolute atomic E-state index is 12.7. The van der Waals surface area contributed by atoms with Crippen LogP contribution in [0.1, 0.15) is 20.7 Å². The molecule has 6 heteroatoms. The van der Waals surface area contributed by atoms with Gasteiger partial charge in [0.1, 0.15) is 0 Å². The highest BCUT2D eigenvalue weighted by Gasteiger charge is 2.21. The first-order valence-electron chi connectivity index (χ1n) is 7.68. The van der Waals surface area contributed by atoms with E-state index in [4.69, 9.17) is 4.74 Å². The van der Waals surface area contributed by atoms with Gasteiger partial charge >= 0.3 is 0 Å². The third-order valence-corrected chi connectivity index (χ3v) is 4.46. The first-order chi connectivity index (χ1) is 11.6. The molecule has 0 aliphatic carbocycles. The second-order valence-corrected chi connectivity index (χ2v) is 6.66. The molecule has 1 aliphatic heterocycles. The van der Waals surface area contributed by atoms with Crippen LogP contribution in [-0.2, 0) is 4.74 Å². The van der Waals surface area contributed by atoms with Crippen molar-refractivity contribution in [2.45, 2.75) is 0 Å². The van der Waals surface area contributed by atoms with Crippen LogP contribution in [0.3, 0.4) is 0 Å². The predicted molar refractivity (Wildman–Crippen MR) is 100 cm³/mol. The van der Waals surface area contributed by atoms with Crippen LogP contribution < -0.4 is 5.32 Å². The molecule has 1 aliphatic rings. The lowest BCUT2D eigenvalue weighted by Gasteiger charge is -2.27. The lowest BCUT2D eigenvalue weighted by Crippen LogP contribution is -2.41. The van der Waals surface area contributed by atoms with E-state index < -0.39 is 0 Å². The first-order valence-corrected chi connectivity index (χ1v) is 8.76. The third kappa shape index (κ3) is 3.93. The van der Waals surface area contributed by atoms with Crippen LogP contribution in [0, 0.1) is 3.57 Å². The molecule has 2 amide bonds. The summed E-state index contributed by atoms with van der Waals surface area (Å²) in [6.07, 6.45) is 0. The van der Waals surface area contributed by atoms with Crippen molar-refractivity contribution in [3.8, 4) is 0 Å². The molecular formula is C18H17IN2O3. The molecule has 0 atom stereocenters. The fourth-order valence-corrected chi connectivity index (χ4v) is 3.08. The van der Waals surface area contributed by atoms with Gasteiger partial charge in [0.2, 0.25) is 0 Å². The minimum Gasteiger partial charge on any atom is -0.378 e. The minimum atomic E-state index is -0.226. The number of hydrogen-bond donors (Lipinski definition) is 1. The Morgan fingerprint density at radius 2 is 1.79 bits per heavy atom. The quantitative estimate of drug-likeness (QED) is 0.753. The molecular weight excluding hydrogens is 419 g/mol. The lowest BCUT2D eigenvalue weighted by atomic mass is 10.1. The maximum Gasteiger partial charge on any atom is 0.256 e. The summed E-state index contributed by atoms with van der Waals surface area (Å²) in [5.41, 5.74) is 1.59. The molecule has 0 saturated carbocycles. The number of hydrogen-bond acceptors (Lipinski definition) is 3. The van der Waals surface area contributed by atoms with E-state index in [-0.39, 0.29) is 11.8 Å². The standard InChI is InChI=1S/C18H17IN2O3/c19-14-5-3-4-13(12-14)17(22)20-16-7-2-1-6-15(16)18(23)21-8-10-24-11-9-21/h1-7,12H,8-11H2,(H,20,22). The Bertz CT molecular complexity index is 757. The SMILES string of the molecule is O=C(Nc1ccccc1C(=O)N1CCOCC1)c1cccc(I)c1. The Balaban J connectivity index is 1.81. The zero-order valence-electron chi connectivity index (χ0n) is 13.0. The highest BCUT2D eigenvalue weighted by molar-refractivity contribution is 14.1. The van der Waals surface area contributed by atoms with Gasteiger partial charge in [-0.2, -0.15) is 0 Å². The summed E-state index contributed by atoms with van der Waals surface area (Å²) < 4.78 is 6.27. The van der Waals surface area contributed by atoms with Crippen molar-refractivity contribution in [1.82, 2.24) is 4.90 Å². The van der Waals surface area contributed by atoms with Crippen molar-refractivity contribution in [2.75, 3.05) is 31.6 Å². The largest absolute Gasteiger partial charge is 0.378 e. The minimum absolute atomic E-state index is 0.0863. The lowest BCUT2D eigenvalue weighted by molar-refractivity contribution is 0.0303. The van der Waals surface area contributed by atoms with E-state index >= 15 is 0 Å². The number of ether oxygens (including phenoxy) is 1. The number of nitrogens with one attached hydrogen (secondary N) is 1. The summed E-state index contributed by atoms with van der Waals surface area (Å²) in [6.45, 7) is 2.22. The Labute approximate surface area is 154 Å². The number of nitrogens with zero attached hydrogens (tertiary/aromatic N) is 1. The van der Waals surface area contributed by atoms with Gasteiger partial charge in [-0.25, -0.2) is 0 Å². The van der Waals surface area contributed by atoms with E-state index in [0.717, 1.165) is 3.57 Å². The molecule has 0 radical (unpaired) electrons. The van der Waals surface area contributed by atoms with Crippen LogP contribution in [0.2, 0.25) is 0 Å². The predicted octanol–water partition coefficient (Wildman–Crippen LogP) is 3.02. The molecule has 24 heavy (non-hydrogen) atoms. The molecule has 1 heterocycles. The summed E-state index contributed by atoms with van der Waals surface area (Å²) in [6, 6.07) is 14.4. The average Bonchev–Trinajstić information content (AvgIpc) is 2.62. The zero-order chi connectivity index (χ0) is 16.9. The normalized spacial score (nSPS) is 14.3. The van der Waals surface area contributed by atoms with E-state index in [2.05, 4.69) is 27.9 Å². The Morgan fingerprint density at radius 3 is 2.54 bits per heavy atom. The van der Waals surface area contributed by atoms with Crippen molar-refractivity contribution in [3.63, 3.8) is 0 Å². The van der Waals surface area contributed by atoms with Gasteiger partial charge < -0.3 is 15.0 Å². The van der Waals surface area contributed by atoms with Gasteiger partial charge in [0, 0.05) is 22.2 Å². The number of benzene rings is 2. The number of anilines is 1. The number of halogens is 1. The third-order valence-electron chi connectivity index (χ3n) is 3.79. The van der Waals surface area contributed by atoms with Crippen molar-refractivity contribution in [2.24, 2.45) is 0 Å². The van der Waals surface area contributed by atoms with Crippen LogP contribution in [0.4, 0.5) is 5.69 Å². The molecule has 2 aromatic rings. The van der Waals surface area contributed by atoms with E-state index in [1.807, 2.05) is 18.2 Å². The number of rotatable bonds is 3. The van der Waals surface area contributed by atoms with Gasteiger partial charge in [0.05, 0.1) is 24.5 Å². The summed E-state index contributed by atoms with van der Waals surface area (Å²) in [5, 5.41) is 2.85. The molecule has 0 bridgehead atoms. The summed E-state index contributed by atoms with van der Waals surface area (Å²) in [7, 11) is 0. The number of carbonyl (C=O) groups excluding carboxylic acids is 2. The molecule has 0 spiro atoms. The average molecular weight is 436 g/mol. The molecule has 5 nitrogen and oxygen atoms in total. The number of para-hydroxylation sites is 1. The van der Waals surface area contributed by atoms with E-state index in [0.29, 0.717) is 43.1 Å². The summed E-state index contributed by atoms with van der Waals surface area (Å²) in [5.74, 6) is -0.312. The fraction of sp³-hybridized carbons (Fsp3) is 0.222. The van der Waals surface area contributed by atoms with Gasteiger partial charge in [-0.15, -0.1) is 0 Å². The highest BCUT2D eigenvalue weighted by atomic mass is 127. The van der Waals surface area contributed by atoms with E-state index in [1.54, 1.807) is 35.2 Å². The maximum atomic E-state index is 12.7. The van der Waals surface area contributed by atoms with Gasteiger partial charge in [-0.05, 0) is 52.9 Å². The fourth-order valence-electron chi connectivity index (χ4n) is 2.54. The van der Waals surface area contributed by atoms with Gasteiger partial charge in [-0.1, -0.05) is 18.2 Å². The Hall–Kier alpha value is -1.93. The topological polar surface area (TPSA) is 58.6 Å².